The number of hydrogen-bond donors (Lipinski definition) is 4. The number of phenols is 1. The Kier molecular flexibility index (Phi) is 10.3. The molecule has 0 radical (unpaired) electrons. The SMILES string of the molecule is CCC1(c2cccc(O)c2)CCCCN(C)C1.Cl.Nc1ccc(C(=O)NC(=O)O)cc1. The van der Waals surface area contributed by atoms with Gasteiger partial charge in [0.05, 0.1) is 0 Å². The van der Waals surface area contributed by atoms with Gasteiger partial charge in [-0.05, 0) is 74.8 Å². The summed E-state index contributed by atoms with van der Waals surface area (Å²) >= 11 is 0. The van der Waals surface area contributed by atoms with Crippen LogP contribution in [0, 0.1) is 0 Å². The number of likely N-dealkylation sites (N-methyl/N-ethyl adjacent to an activating group) is 1. The van der Waals surface area contributed by atoms with Crippen LogP contribution in [0.1, 0.15) is 48.5 Å². The number of nitrogen functional groups attached to an aromatic ring is 1. The number of phenolic OH excluding ortho intramolecular Hbond substituents is 1. The van der Waals surface area contributed by atoms with Crippen LogP contribution in [-0.2, 0) is 5.41 Å². The molecule has 2 amide bonds. The summed E-state index contributed by atoms with van der Waals surface area (Å²) in [6, 6.07) is 13.8. The normalized spacial score (nSPS) is 18.5. The first-order valence-corrected chi connectivity index (χ1v) is 10.1. The van der Waals surface area contributed by atoms with Gasteiger partial charge in [-0.15, -0.1) is 12.4 Å². The molecule has 3 rings (SSSR count). The van der Waals surface area contributed by atoms with E-state index in [2.05, 4.69) is 24.9 Å². The minimum Gasteiger partial charge on any atom is -0.508 e. The first-order chi connectivity index (χ1) is 14.3. The van der Waals surface area contributed by atoms with E-state index in [1.807, 2.05) is 12.1 Å². The van der Waals surface area contributed by atoms with Gasteiger partial charge in [-0.2, -0.15) is 0 Å². The number of imide groups is 1. The molecule has 1 atom stereocenters. The number of likely N-dealkylation sites (tertiary alicyclic amines) is 1. The largest absolute Gasteiger partial charge is 0.508 e. The number of carbonyl (C=O) groups is 2. The van der Waals surface area contributed by atoms with Crippen LogP contribution in [0.4, 0.5) is 10.5 Å². The smallest absolute Gasteiger partial charge is 0.411 e. The fourth-order valence-electron chi connectivity index (χ4n) is 3.89. The number of hydrogen-bond acceptors (Lipinski definition) is 5. The summed E-state index contributed by atoms with van der Waals surface area (Å²) in [5.41, 5.74) is 7.69. The Bertz CT molecular complexity index is 860. The van der Waals surface area contributed by atoms with Crippen LogP contribution in [0.5, 0.6) is 5.75 Å². The van der Waals surface area contributed by atoms with E-state index in [0.717, 1.165) is 13.0 Å². The minimum absolute atomic E-state index is 0. The highest BCUT2D eigenvalue weighted by Crippen LogP contribution is 2.37. The first kappa shape index (κ1) is 26.3. The molecule has 2 aromatic carbocycles. The van der Waals surface area contributed by atoms with E-state index >= 15 is 0 Å². The Morgan fingerprint density at radius 1 is 1.16 bits per heavy atom. The number of nitrogens with two attached hydrogens (primary N) is 1. The molecule has 0 aliphatic carbocycles. The molecule has 170 valence electrons. The summed E-state index contributed by atoms with van der Waals surface area (Å²) in [6.45, 7) is 4.57. The van der Waals surface area contributed by atoms with E-state index < -0.39 is 12.0 Å². The molecule has 5 N–H and O–H groups in total. The predicted octanol–water partition coefficient (Wildman–Crippen LogP) is 4.25. The van der Waals surface area contributed by atoms with Crippen LogP contribution in [0.25, 0.3) is 0 Å². The van der Waals surface area contributed by atoms with E-state index in [-0.39, 0.29) is 23.4 Å². The summed E-state index contributed by atoms with van der Waals surface area (Å²) in [6.07, 6.45) is 3.57. The van der Waals surface area contributed by atoms with E-state index in [9.17, 15) is 14.7 Å². The second kappa shape index (κ2) is 12.2. The molecule has 0 aromatic heterocycles. The van der Waals surface area contributed by atoms with Crippen LogP contribution < -0.4 is 11.1 Å². The summed E-state index contributed by atoms with van der Waals surface area (Å²) in [5, 5.41) is 19.6. The van der Waals surface area contributed by atoms with E-state index in [1.54, 1.807) is 11.4 Å². The molecule has 1 unspecified atom stereocenters. The Hall–Kier alpha value is -2.77. The third kappa shape index (κ3) is 7.77. The molecule has 0 saturated carbocycles. The number of nitrogens with one attached hydrogen (secondary N) is 1. The van der Waals surface area contributed by atoms with Gasteiger partial charge in [-0.3, -0.25) is 10.1 Å². The topological polar surface area (TPSA) is 116 Å². The fourth-order valence-corrected chi connectivity index (χ4v) is 3.89. The van der Waals surface area contributed by atoms with Gasteiger partial charge in [-0.25, -0.2) is 4.79 Å². The molecule has 0 bridgehead atoms. The van der Waals surface area contributed by atoms with Crippen LogP contribution in [0.15, 0.2) is 48.5 Å². The molecule has 0 spiro atoms. The van der Waals surface area contributed by atoms with Crippen molar-refractivity contribution in [3.05, 3.63) is 59.7 Å². The second-order valence-electron chi connectivity index (χ2n) is 7.76. The Morgan fingerprint density at radius 2 is 1.84 bits per heavy atom. The minimum atomic E-state index is -1.37. The highest BCUT2D eigenvalue weighted by atomic mass is 35.5. The quantitative estimate of drug-likeness (QED) is 0.520. The molecule has 1 saturated heterocycles. The zero-order valence-corrected chi connectivity index (χ0v) is 18.8. The van der Waals surface area contributed by atoms with Crippen molar-refractivity contribution in [3.8, 4) is 5.75 Å². The van der Waals surface area contributed by atoms with Crippen molar-refractivity contribution in [1.29, 1.82) is 0 Å². The molecule has 1 aliphatic heterocycles. The monoisotopic (exact) mass is 449 g/mol. The molecule has 8 heteroatoms. The average molecular weight is 450 g/mol. The lowest BCUT2D eigenvalue weighted by molar-refractivity contribution is 0.0948. The number of nitrogens with zero attached hydrogens (tertiary/aromatic N) is 1. The molecule has 7 nitrogen and oxygen atoms in total. The van der Waals surface area contributed by atoms with Gasteiger partial charge in [0.1, 0.15) is 5.75 Å². The van der Waals surface area contributed by atoms with Crippen molar-refractivity contribution < 1.29 is 19.8 Å². The number of halogens is 1. The standard InChI is InChI=1S/C15H23NO.C8H8N2O3.ClH/c1-3-15(9-4-5-10-16(2)12-15)13-7-6-8-14(17)11-13;9-6-3-1-5(2-4-6)7(11)10-8(12)13;/h6-8,11,17H,3-5,9-10,12H2,1-2H3;1-4H,9H2,(H,10,11)(H,12,13);1H. The lowest BCUT2D eigenvalue weighted by Crippen LogP contribution is -2.37. The molecule has 2 aromatic rings. The lowest BCUT2D eigenvalue weighted by Gasteiger charge is -2.35. The number of benzene rings is 2. The maximum atomic E-state index is 11.0. The van der Waals surface area contributed by atoms with Crippen LogP contribution in [0.2, 0.25) is 0 Å². The van der Waals surface area contributed by atoms with Crippen molar-refractivity contribution >= 4 is 30.1 Å². The highest BCUT2D eigenvalue weighted by molar-refractivity contribution is 6.02. The zero-order chi connectivity index (χ0) is 22.1. The fraction of sp³-hybridized carbons (Fsp3) is 0.391. The van der Waals surface area contributed by atoms with E-state index in [0.29, 0.717) is 11.4 Å². The van der Waals surface area contributed by atoms with E-state index in [4.69, 9.17) is 10.8 Å². The Labute approximate surface area is 189 Å². The molecular formula is C23H32ClN3O4. The van der Waals surface area contributed by atoms with Gasteiger partial charge in [-0.1, -0.05) is 25.5 Å². The number of carbonyl (C=O) groups excluding carboxylic acids is 1. The Morgan fingerprint density at radius 3 is 2.42 bits per heavy atom. The average Bonchev–Trinajstić information content (AvgIpc) is 2.90. The van der Waals surface area contributed by atoms with Crippen molar-refractivity contribution in [1.82, 2.24) is 10.2 Å². The van der Waals surface area contributed by atoms with Crippen LogP contribution in [-0.4, -0.2) is 47.3 Å². The summed E-state index contributed by atoms with van der Waals surface area (Å²) in [7, 11) is 2.21. The predicted molar refractivity (Wildman–Crippen MR) is 125 cm³/mol. The van der Waals surface area contributed by atoms with Gasteiger partial charge in [0, 0.05) is 23.2 Å². The van der Waals surface area contributed by atoms with Crippen molar-refractivity contribution in [2.75, 3.05) is 25.9 Å². The number of aromatic hydroxyl groups is 1. The molecule has 1 heterocycles. The number of carboxylic acid groups (broad SMARTS) is 1. The number of anilines is 1. The van der Waals surface area contributed by atoms with Gasteiger partial charge in [0.15, 0.2) is 0 Å². The maximum absolute atomic E-state index is 11.0. The van der Waals surface area contributed by atoms with Gasteiger partial charge in [0.2, 0.25) is 0 Å². The third-order valence-corrected chi connectivity index (χ3v) is 5.55. The second-order valence-corrected chi connectivity index (χ2v) is 7.76. The van der Waals surface area contributed by atoms with Gasteiger partial charge in [0.25, 0.3) is 5.91 Å². The van der Waals surface area contributed by atoms with Gasteiger partial charge < -0.3 is 20.8 Å². The van der Waals surface area contributed by atoms with Crippen molar-refractivity contribution in [3.63, 3.8) is 0 Å². The van der Waals surface area contributed by atoms with Crippen LogP contribution >= 0.6 is 12.4 Å². The van der Waals surface area contributed by atoms with Crippen molar-refractivity contribution in [2.24, 2.45) is 0 Å². The number of amides is 2. The maximum Gasteiger partial charge on any atom is 0.411 e. The summed E-state index contributed by atoms with van der Waals surface area (Å²) in [4.78, 5) is 23.6. The summed E-state index contributed by atoms with van der Waals surface area (Å²) in [5.74, 6) is -0.269. The molecule has 31 heavy (non-hydrogen) atoms. The van der Waals surface area contributed by atoms with E-state index in [1.165, 1.54) is 55.6 Å². The lowest BCUT2D eigenvalue weighted by atomic mass is 9.74. The first-order valence-electron chi connectivity index (χ1n) is 10.1. The molecule has 1 fully saturated rings. The zero-order valence-electron chi connectivity index (χ0n) is 18.0. The summed E-state index contributed by atoms with van der Waals surface area (Å²) < 4.78 is 0. The van der Waals surface area contributed by atoms with Crippen molar-refractivity contribution in [2.45, 2.75) is 38.0 Å². The molecule has 1 aliphatic rings. The van der Waals surface area contributed by atoms with Crippen LogP contribution in [0.3, 0.4) is 0 Å². The van der Waals surface area contributed by atoms with Gasteiger partial charge >= 0.3 is 6.09 Å². The Balaban J connectivity index is 0.000000311. The number of rotatable bonds is 3. The molecular weight excluding hydrogens is 418 g/mol. The third-order valence-electron chi connectivity index (χ3n) is 5.55. The highest BCUT2D eigenvalue weighted by Gasteiger charge is 2.33.